The van der Waals surface area contributed by atoms with Crippen molar-refractivity contribution in [1.29, 1.82) is 0 Å². The van der Waals surface area contributed by atoms with Crippen molar-refractivity contribution in [2.75, 3.05) is 26.7 Å². The second kappa shape index (κ2) is 4.07. The Morgan fingerprint density at radius 2 is 2.27 bits per heavy atom. The normalized spacial score (nSPS) is 31.6. The van der Waals surface area contributed by atoms with Gasteiger partial charge in [-0.2, -0.15) is 0 Å². The zero-order chi connectivity index (χ0) is 8.27. The molecule has 2 atom stereocenters. The van der Waals surface area contributed by atoms with E-state index in [-0.39, 0.29) is 0 Å². The smallest absolute Gasteiger partial charge is 0.0198 e. The molecule has 1 heterocycles. The maximum Gasteiger partial charge on any atom is 0.0198 e. The molecular weight excluding hydrogens is 136 g/mol. The SMILES string of the molecule is CCN(C)CC1CC(C)CN1. The number of likely N-dealkylation sites (N-methyl/N-ethyl adjacent to an activating group) is 1. The molecule has 1 aliphatic heterocycles. The van der Waals surface area contributed by atoms with Crippen LogP contribution in [-0.2, 0) is 0 Å². The average molecular weight is 156 g/mol. The molecule has 2 unspecified atom stereocenters. The van der Waals surface area contributed by atoms with E-state index in [9.17, 15) is 0 Å². The first-order chi connectivity index (χ1) is 5.22. The summed E-state index contributed by atoms with van der Waals surface area (Å²) in [6.45, 7) is 8.10. The summed E-state index contributed by atoms with van der Waals surface area (Å²) in [6, 6.07) is 0.745. The molecule has 0 spiro atoms. The van der Waals surface area contributed by atoms with Crippen LogP contribution in [-0.4, -0.2) is 37.6 Å². The number of nitrogens with zero attached hydrogens (tertiary/aromatic N) is 1. The highest BCUT2D eigenvalue weighted by atomic mass is 15.1. The van der Waals surface area contributed by atoms with Gasteiger partial charge in [0.15, 0.2) is 0 Å². The van der Waals surface area contributed by atoms with Crippen LogP contribution in [0.4, 0.5) is 0 Å². The summed E-state index contributed by atoms with van der Waals surface area (Å²) in [7, 11) is 2.19. The maximum atomic E-state index is 3.53. The van der Waals surface area contributed by atoms with Gasteiger partial charge in [0.25, 0.3) is 0 Å². The van der Waals surface area contributed by atoms with E-state index in [0.717, 1.165) is 18.5 Å². The lowest BCUT2D eigenvalue weighted by Gasteiger charge is -2.18. The highest BCUT2D eigenvalue weighted by molar-refractivity contribution is 4.80. The molecular formula is C9H20N2. The second-order valence-corrected chi connectivity index (χ2v) is 3.80. The Balaban J connectivity index is 2.17. The van der Waals surface area contributed by atoms with Crippen LogP contribution in [0.1, 0.15) is 20.3 Å². The van der Waals surface area contributed by atoms with Crippen molar-refractivity contribution in [2.24, 2.45) is 5.92 Å². The van der Waals surface area contributed by atoms with Gasteiger partial charge in [-0.3, -0.25) is 0 Å². The van der Waals surface area contributed by atoms with E-state index < -0.39 is 0 Å². The van der Waals surface area contributed by atoms with Gasteiger partial charge in [0.05, 0.1) is 0 Å². The average Bonchev–Trinajstić information content (AvgIpc) is 2.35. The van der Waals surface area contributed by atoms with Gasteiger partial charge in [-0.25, -0.2) is 0 Å². The third-order valence-electron chi connectivity index (χ3n) is 2.51. The lowest BCUT2D eigenvalue weighted by Crippen LogP contribution is -2.35. The minimum atomic E-state index is 0.745. The van der Waals surface area contributed by atoms with Crippen molar-refractivity contribution in [1.82, 2.24) is 10.2 Å². The van der Waals surface area contributed by atoms with Crippen LogP contribution in [0.15, 0.2) is 0 Å². The van der Waals surface area contributed by atoms with Crippen molar-refractivity contribution in [2.45, 2.75) is 26.3 Å². The summed E-state index contributed by atoms with van der Waals surface area (Å²) in [4.78, 5) is 2.37. The fraction of sp³-hybridized carbons (Fsp3) is 1.00. The first-order valence-electron chi connectivity index (χ1n) is 4.64. The zero-order valence-corrected chi connectivity index (χ0v) is 7.93. The standard InChI is InChI=1S/C9H20N2/c1-4-11(3)7-9-5-8(2)6-10-9/h8-10H,4-7H2,1-3H3. The molecule has 1 saturated heterocycles. The molecule has 2 nitrogen and oxygen atoms in total. The van der Waals surface area contributed by atoms with Gasteiger partial charge in [0.1, 0.15) is 0 Å². The van der Waals surface area contributed by atoms with E-state index in [2.05, 4.69) is 31.1 Å². The summed E-state index contributed by atoms with van der Waals surface area (Å²) in [5, 5.41) is 3.53. The molecule has 1 aliphatic rings. The number of nitrogens with one attached hydrogen (secondary N) is 1. The minimum absolute atomic E-state index is 0.745. The van der Waals surface area contributed by atoms with Crippen molar-refractivity contribution >= 4 is 0 Å². The number of rotatable bonds is 3. The van der Waals surface area contributed by atoms with E-state index in [1.807, 2.05) is 0 Å². The molecule has 0 saturated carbocycles. The van der Waals surface area contributed by atoms with E-state index in [0.29, 0.717) is 0 Å². The zero-order valence-electron chi connectivity index (χ0n) is 7.93. The molecule has 0 bridgehead atoms. The Morgan fingerprint density at radius 1 is 1.55 bits per heavy atom. The van der Waals surface area contributed by atoms with Crippen molar-refractivity contribution in [3.63, 3.8) is 0 Å². The molecule has 0 amide bonds. The van der Waals surface area contributed by atoms with Gasteiger partial charge < -0.3 is 10.2 Å². The van der Waals surface area contributed by atoms with Crippen LogP contribution in [0.3, 0.4) is 0 Å². The molecule has 0 aromatic carbocycles. The molecule has 1 N–H and O–H groups in total. The second-order valence-electron chi connectivity index (χ2n) is 3.80. The summed E-state index contributed by atoms with van der Waals surface area (Å²) < 4.78 is 0. The predicted molar refractivity (Wildman–Crippen MR) is 48.7 cm³/mol. The quantitative estimate of drug-likeness (QED) is 0.654. The summed E-state index contributed by atoms with van der Waals surface area (Å²) in [5.41, 5.74) is 0. The minimum Gasteiger partial charge on any atom is -0.312 e. The van der Waals surface area contributed by atoms with Gasteiger partial charge in [-0.1, -0.05) is 13.8 Å². The Hall–Kier alpha value is -0.0800. The Labute approximate surface area is 70.0 Å². The Bertz CT molecular complexity index is 114. The van der Waals surface area contributed by atoms with Gasteiger partial charge in [0, 0.05) is 12.6 Å². The summed E-state index contributed by atoms with van der Waals surface area (Å²) >= 11 is 0. The van der Waals surface area contributed by atoms with Crippen LogP contribution in [0.5, 0.6) is 0 Å². The predicted octanol–water partition coefficient (Wildman–Crippen LogP) is 0.936. The van der Waals surface area contributed by atoms with Gasteiger partial charge >= 0.3 is 0 Å². The lowest BCUT2D eigenvalue weighted by atomic mass is 10.1. The van der Waals surface area contributed by atoms with E-state index in [1.165, 1.54) is 19.5 Å². The monoisotopic (exact) mass is 156 g/mol. The topological polar surface area (TPSA) is 15.3 Å². The Morgan fingerprint density at radius 3 is 2.73 bits per heavy atom. The molecule has 0 aliphatic carbocycles. The van der Waals surface area contributed by atoms with Crippen LogP contribution < -0.4 is 5.32 Å². The number of hydrogen-bond acceptors (Lipinski definition) is 2. The lowest BCUT2D eigenvalue weighted by molar-refractivity contribution is 0.313. The molecule has 2 heteroatoms. The highest BCUT2D eigenvalue weighted by Gasteiger charge is 2.20. The molecule has 0 radical (unpaired) electrons. The third-order valence-corrected chi connectivity index (χ3v) is 2.51. The summed E-state index contributed by atoms with van der Waals surface area (Å²) in [5.74, 6) is 0.880. The maximum absolute atomic E-state index is 3.53. The van der Waals surface area contributed by atoms with Crippen molar-refractivity contribution < 1.29 is 0 Å². The molecule has 11 heavy (non-hydrogen) atoms. The van der Waals surface area contributed by atoms with Crippen LogP contribution in [0.2, 0.25) is 0 Å². The largest absolute Gasteiger partial charge is 0.312 e. The fourth-order valence-corrected chi connectivity index (χ4v) is 1.66. The molecule has 1 fully saturated rings. The molecule has 1 rings (SSSR count). The summed E-state index contributed by atoms with van der Waals surface area (Å²) in [6.07, 6.45) is 1.35. The van der Waals surface area contributed by atoms with Crippen LogP contribution >= 0.6 is 0 Å². The fourth-order valence-electron chi connectivity index (χ4n) is 1.66. The van der Waals surface area contributed by atoms with Crippen LogP contribution in [0, 0.1) is 5.92 Å². The van der Waals surface area contributed by atoms with Crippen molar-refractivity contribution in [3.8, 4) is 0 Å². The Kier molecular flexibility index (Phi) is 3.34. The number of hydrogen-bond donors (Lipinski definition) is 1. The molecule has 66 valence electrons. The molecule has 0 aromatic rings. The van der Waals surface area contributed by atoms with Crippen molar-refractivity contribution in [3.05, 3.63) is 0 Å². The van der Waals surface area contributed by atoms with Gasteiger partial charge in [-0.15, -0.1) is 0 Å². The van der Waals surface area contributed by atoms with Gasteiger partial charge in [-0.05, 0) is 32.5 Å². The molecule has 0 aromatic heterocycles. The van der Waals surface area contributed by atoms with Crippen LogP contribution in [0.25, 0.3) is 0 Å². The van der Waals surface area contributed by atoms with E-state index in [4.69, 9.17) is 0 Å². The van der Waals surface area contributed by atoms with Gasteiger partial charge in [0.2, 0.25) is 0 Å². The first kappa shape index (κ1) is 9.01. The third kappa shape index (κ3) is 2.80. The van der Waals surface area contributed by atoms with E-state index in [1.54, 1.807) is 0 Å². The highest BCUT2D eigenvalue weighted by Crippen LogP contribution is 2.12. The first-order valence-corrected chi connectivity index (χ1v) is 4.64. The van der Waals surface area contributed by atoms with E-state index >= 15 is 0 Å².